The molecular formula is C36H63O10P. The molecule has 0 radical (unpaired) electrons. The average molecular weight is 687 g/mol. The first-order valence-corrected chi connectivity index (χ1v) is 19.0. The normalized spacial score (nSPS) is 14.6. The number of carbonyl (C=O) groups excluding carboxylic acids is 2. The first-order valence-electron chi connectivity index (χ1n) is 17.5. The first-order chi connectivity index (χ1) is 22.4. The van der Waals surface area contributed by atoms with E-state index in [0.29, 0.717) is 6.42 Å². The summed E-state index contributed by atoms with van der Waals surface area (Å²) in [6.07, 6.45) is 26.1. The molecule has 0 spiro atoms. The van der Waals surface area contributed by atoms with E-state index in [-0.39, 0.29) is 32.1 Å². The van der Waals surface area contributed by atoms with Crippen molar-refractivity contribution in [3.63, 3.8) is 0 Å². The van der Waals surface area contributed by atoms with E-state index in [0.717, 1.165) is 50.9 Å². The van der Waals surface area contributed by atoms with Crippen molar-refractivity contribution in [2.45, 2.75) is 148 Å². The number of esters is 2. The van der Waals surface area contributed by atoms with Crippen LogP contribution in [0.5, 0.6) is 0 Å². The highest BCUT2D eigenvalue weighted by atomic mass is 31.2. The van der Waals surface area contributed by atoms with E-state index in [1.54, 1.807) is 6.08 Å². The van der Waals surface area contributed by atoms with Gasteiger partial charge in [-0.2, -0.15) is 0 Å². The van der Waals surface area contributed by atoms with E-state index >= 15 is 0 Å². The maximum Gasteiger partial charge on any atom is 0.469 e. The van der Waals surface area contributed by atoms with Gasteiger partial charge in [0.25, 0.3) is 0 Å². The Morgan fingerprint density at radius 3 is 1.77 bits per heavy atom. The third-order valence-corrected chi connectivity index (χ3v) is 7.73. The van der Waals surface area contributed by atoms with Crippen LogP contribution in [-0.2, 0) is 28.2 Å². The molecule has 0 unspecified atom stereocenters. The van der Waals surface area contributed by atoms with Crippen LogP contribution >= 0.6 is 7.82 Å². The van der Waals surface area contributed by atoms with Gasteiger partial charge in [0.15, 0.2) is 6.10 Å². The Kier molecular flexibility index (Phi) is 28.7. The number of aliphatic hydroxyl groups excluding tert-OH is 2. The number of rotatable bonds is 30. The molecule has 0 bridgehead atoms. The Bertz CT molecular complexity index is 953. The summed E-state index contributed by atoms with van der Waals surface area (Å²) in [6, 6.07) is 0. The van der Waals surface area contributed by atoms with Gasteiger partial charge in [0, 0.05) is 12.8 Å². The van der Waals surface area contributed by atoms with E-state index in [1.165, 1.54) is 25.7 Å². The second-order valence-electron chi connectivity index (χ2n) is 12.3. The molecule has 4 N–H and O–H groups in total. The minimum absolute atomic E-state index is 0.106. The number of phosphoric ester groups is 1. The van der Waals surface area contributed by atoms with Crippen LogP contribution in [0.3, 0.4) is 0 Å². The predicted octanol–water partition coefficient (Wildman–Crippen LogP) is 7.80. The molecule has 47 heavy (non-hydrogen) atoms. The number of ether oxygens (including phenoxy) is 2. The van der Waals surface area contributed by atoms with Gasteiger partial charge >= 0.3 is 19.8 Å². The second-order valence-corrected chi connectivity index (χ2v) is 13.5. The number of carbonyl (C=O) groups is 2. The van der Waals surface area contributed by atoms with Crippen LogP contribution < -0.4 is 0 Å². The summed E-state index contributed by atoms with van der Waals surface area (Å²) in [5.41, 5.74) is 0. The zero-order chi connectivity index (χ0) is 35.2. The molecule has 0 aromatic heterocycles. The van der Waals surface area contributed by atoms with Crippen LogP contribution in [0.25, 0.3) is 0 Å². The minimum Gasteiger partial charge on any atom is -0.462 e. The number of unbranched alkanes of at least 4 members (excludes halogenated alkanes) is 6. The largest absolute Gasteiger partial charge is 0.469 e. The predicted molar refractivity (Wildman–Crippen MR) is 186 cm³/mol. The van der Waals surface area contributed by atoms with Crippen molar-refractivity contribution in [1.29, 1.82) is 0 Å². The highest BCUT2D eigenvalue weighted by molar-refractivity contribution is 7.46. The molecule has 0 aliphatic carbocycles. The first kappa shape index (κ1) is 44.9. The van der Waals surface area contributed by atoms with Gasteiger partial charge in [0.2, 0.25) is 0 Å². The SMILES string of the molecule is CC/C=C\C/C=C\C/C=C\C/C=C\C[C@@H](O)[C@H](O)CCCC(=O)O[C@H](COC(=O)CCCCCCCCCC(C)C)COP(=O)(O)O. The summed E-state index contributed by atoms with van der Waals surface area (Å²) in [5, 5.41) is 20.5. The van der Waals surface area contributed by atoms with Gasteiger partial charge in [-0.25, -0.2) is 4.57 Å². The fraction of sp³-hybridized carbons (Fsp3) is 0.722. The van der Waals surface area contributed by atoms with Gasteiger partial charge in [0.05, 0.1) is 18.8 Å². The Hall–Kier alpha value is -2.07. The molecule has 0 saturated heterocycles. The maximum absolute atomic E-state index is 12.4. The van der Waals surface area contributed by atoms with Gasteiger partial charge in [0.1, 0.15) is 6.61 Å². The molecule has 0 rings (SSSR count). The standard InChI is InChI=1S/C36H63O10P/c1-4-5-6-7-8-9-10-11-12-15-18-21-25-33(37)34(38)26-23-28-36(40)46-32(30-45-47(41,42)43)29-44-35(39)27-22-19-16-13-14-17-20-24-31(2)3/h5-6,8-9,11-12,18,21,31-34,37-38H,4,7,10,13-17,19-20,22-30H2,1-3H3,(H2,41,42,43)/b6-5-,9-8-,12-11-,21-18-/t32-,33-,34-/m1/s1. The van der Waals surface area contributed by atoms with Gasteiger partial charge in [-0.05, 0) is 57.3 Å². The lowest BCUT2D eigenvalue weighted by molar-refractivity contribution is -0.161. The van der Waals surface area contributed by atoms with Gasteiger partial charge in [-0.1, -0.05) is 114 Å². The van der Waals surface area contributed by atoms with E-state index in [9.17, 15) is 24.4 Å². The molecular weight excluding hydrogens is 623 g/mol. The van der Waals surface area contributed by atoms with Crippen molar-refractivity contribution in [1.82, 2.24) is 0 Å². The summed E-state index contributed by atoms with van der Waals surface area (Å²) < 4.78 is 26.0. The zero-order valence-corrected chi connectivity index (χ0v) is 29.9. The smallest absolute Gasteiger partial charge is 0.462 e. The molecule has 0 saturated carbocycles. The molecule has 0 aromatic carbocycles. The van der Waals surface area contributed by atoms with Crippen molar-refractivity contribution < 1.29 is 48.2 Å². The van der Waals surface area contributed by atoms with Crippen molar-refractivity contribution >= 4 is 19.8 Å². The molecule has 0 heterocycles. The fourth-order valence-electron chi connectivity index (χ4n) is 4.53. The van der Waals surface area contributed by atoms with Gasteiger partial charge in [-0.3, -0.25) is 14.1 Å². The molecule has 11 heteroatoms. The number of phosphoric acid groups is 1. The number of hydrogen-bond donors (Lipinski definition) is 4. The highest BCUT2D eigenvalue weighted by Crippen LogP contribution is 2.36. The summed E-state index contributed by atoms with van der Waals surface area (Å²) in [5.74, 6) is -0.446. The van der Waals surface area contributed by atoms with Crippen LogP contribution in [0, 0.1) is 5.92 Å². The summed E-state index contributed by atoms with van der Waals surface area (Å²) in [7, 11) is -4.83. The summed E-state index contributed by atoms with van der Waals surface area (Å²) >= 11 is 0. The molecule has 0 aliphatic rings. The molecule has 272 valence electrons. The number of aliphatic hydroxyl groups is 2. The van der Waals surface area contributed by atoms with Crippen LogP contribution in [0.15, 0.2) is 48.6 Å². The molecule has 10 nitrogen and oxygen atoms in total. The maximum atomic E-state index is 12.4. The van der Waals surface area contributed by atoms with Crippen molar-refractivity contribution in [3.05, 3.63) is 48.6 Å². The number of allylic oxidation sites excluding steroid dienone is 7. The molecule has 0 fully saturated rings. The van der Waals surface area contributed by atoms with Crippen LogP contribution in [0.2, 0.25) is 0 Å². The molecule has 0 amide bonds. The Balaban J connectivity index is 4.31. The van der Waals surface area contributed by atoms with Crippen molar-refractivity contribution in [3.8, 4) is 0 Å². The fourth-order valence-corrected chi connectivity index (χ4v) is 4.89. The monoisotopic (exact) mass is 686 g/mol. The van der Waals surface area contributed by atoms with Crippen molar-refractivity contribution in [2.75, 3.05) is 13.2 Å². The van der Waals surface area contributed by atoms with Gasteiger partial charge < -0.3 is 29.5 Å². The Labute approximate surface area is 283 Å². The van der Waals surface area contributed by atoms with Crippen LogP contribution in [0.1, 0.15) is 130 Å². The Morgan fingerprint density at radius 2 is 1.19 bits per heavy atom. The average Bonchev–Trinajstić information content (AvgIpc) is 3.01. The summed E-state index contributed by atoms with van der Waals surface area (Å²) in [6.45, 7) is 5.53. The lowest BCUT2D eigenvalue weighted by Gasteiger charge is -2.19. The lowest BCUT2D eigenvalue weighted by Crippen LogP contribution is -2.30. The molecule has 0 aliphatic heterocycles. The quantitative estimate of drug-likeness (QED) is 0.0254. The highest BCUT2D eigenvalue weighted by Gasteiger charge is 2.23. The van der Waals surface area contributed by atoms with E-state index in [2.05, 4.69) is 55.7 Å². The molecule has 3 atom stereocenters. The third kappa shape index (κ3) is 32.3. The van der Waals surface area contributed by atoms with E-state index in [1.807, 2.05) is 12.2 Å². The van der Waals surface area contributed by atoms with E-state index in [4.69, 9.17) is 19.3 Å². The van der Waals surface area contributed by atoms with Crippen molar-refractivity contribution in [2.24, 2.45) is 5.92 Å². The van der Waals surface area contributed by atoms with Gasteiger partial charge in [-0.15, -0.1) is 0 Å². The van der Waals surface area contributed by atoms with Crippen LogP contribution in [-0.4, -0.2) is 63.5 Å². The Morgan fingerprint density at radius 1 is 0.660 bits per heavy atom. The summed E-state index contributed by atoms with van der Waals surface area (Å²) in [4.78, 5) is 42.6. The zero-order valence-electron chi connectivity index (χ0n) is 29.0. The third-order valence-electron chi connectivity index (χ3n) is 7.24. The lowest BCUT2D eigenvalue weighted by atomic mass is 10.0. The number of hydrogen-bond acceptors (Lipinski definition) is 8. The van der Waals surface area contributed by atoms with Crippen LogP contribution in [0.4, 0.5) is 0 Å². The molecule has 0 aromatic rings. The minimum atomic E-state index is -4.83. The van der Waals surface area contributed by atoms with E-state index < -0.39 is 51.3 Å². The second kappa shape index (κ2) is 30.0. The topological polar surface area (TPSA) is 160 Å².